The Bertz CT molecular complexity index is 746. The monoisotopic (exact) mass is 282 g/mol. The van der Waals surface area contributed by atoms with Gasteiger partial charge in [0.1, 0.15) is 17.4 Å². The van der Waals surface area contributed by atoms with Crippen molar-refractivity contribution in [3.63, 3.8) is 0 Å². The molecule has 1 aliphatic rings. The summed E-state index contributed by atoms with van der Waals surface area (Å²) in [5.74, 6) is 0.578. The van der Waals surface area contributed by atoms with E-state index in [1.807, 2.05) is 42.5 Å². The molecule has 1 atom stereocenters. The van der Waals surface area contributed by atoms with Gasteiger partial charge in [-0.15, -0.1) is 0 Å². The predicted octanol–water partition coefficient (Wildman–Crippen LogP) is 3.56. The molecule has 4 heteroatoms. The molecular weight excluding hydrogens is 272 g/mol. The minimum atomic E-state index is -0.247. The number of benzene rings is 2. The zero-order chi connectivity index (χ0) is 14.1. The number of para-hydroxylation sites is 1. The number of ether oxygens (including phenoxy) is 1. The van der Waals surface area contributed by atoms with Gasteiger partial charge in [0.25, 0.3) is 0 Å². The molecular formula is C16H11ClN2O. The van der Waals surface area contributed by atoms with E-state index in [4.69, 9.17) is 22.1 Å². The second kappa shape index (κ2) is 4.92. The summed E-state index contributed by atoms with van der Waals surface area (Å²) < 4.78 is 5.52. The third-order valence-corrected chi connectivity index (χ3v) is 3.54. The average Bonchev–Trinajstić information content (AvgIpc) is 2.45. The molecule has 98 valence electrons. The van der Waals surface area contributed by atoms with Crippen molar-refractivity contribution in [3.8, 4) is 11.8 Å². The highest BCUT2D eigenvalue weighted by atomic mass is 35.5. The Hall–Kier alpha value is -2.44. The molecule has 0 bridgehead atoms. The number of allylic oxidation sites excluding steroid dienone is 1. The lowest BCUT2D eigenvalue weighted by atomic mass is 9.84. The smallest absolute Gasteiger partial charge is 0.205 e. The van der Waals surface area contributed by atoms with Crippen LogP contribution in [0.5, 0.6) is 5.75 Å². The topological polar surface area (TPSA) is 59.0 Å². The molecule has 1 heterocycles. The number of hydrogen-bond donors (Lipinski definition) is 1. The minimum Gasteiger partial charge on any atom is -0.440 e. The van der Waals surface area contributed by atoms with E-state index in [9.17, 15) is 5.26 Å². The Morgan fingerprint density at radius 2 is 1.95 bits per heavy atom. The maximum Gasteiger partial charge on any atom is 0.205 e. The fourth-order valence-electron chi connectivity index (χ4n) is 2.44. The van der Waals surface area contributed by atoms with Gasteiger partial charge in [-0.2, -0.15) is 5.26 Å². The minimum absolute atomic E-state index is 0.149. The Balaban J connectivity index is 2.23. The summed E-state index contributed by atoms with van der Waals surface area (Å²) in [7, 11) is 0. The summed E-state index contributed by atoms with van der Waals surface area (Å²) in [6, 6.07) is 17.2. The molecule has 0 saturated carbocycles. The van der Waals surface area contributed by atoms with Crippen molar-refractivity contribution in [1.82, 2.24) is 0 Å². The van der Waals surface area contributed by atoms with Gasteiger partial charge in [-0.05, 0) is 23.8 Å². The van der Waals surface area contributed by atoms with Crippen molar-refractivity contribution in [3.05, 3.63) is 76.1 Å². The molecule has 0 radical (unpaired) electrons. The van der Waals surface area contributed by atoms with E-state index in [1.165, 1.54) is 0 Å². The van der Waals surface area contributed by atoms with Crippen LogP contribution in [-0.2, 0) is 0 Å². The first kappa shape index (κ1) is 12.6. The SMILES string of the molecule is N#CC1=C(N)Oc2ccccc2[C@H]1c1cccc(Cl)c1. The maximum atomic E-state index is 9.39. The third kappa shape index (κ3) is 2.01. The van der Waals surface area contributed by atoms with Crippen molar-refractivity contribution in [2.75, 3.05) is 0 Å². The third-order valence-electron chi connectivity index (χ3n) is 3.31. The van der Waals surface area contributed by atoms with Crippen LogP contribution in [0.4, 0.5) is 0 Å². The van der Waals surface area contributed by atoms with E-state index in [0.29, 0.717) is 16.3 Å². The van der Waals surface area contributed by atoms with Gasteiger partial charge in [0, 0.05) is 10.6 Å². The van der Waals surface area contributed by atoms with Crippen molar-refractivity contribution < 1.29 is 4.74 Å². The van der Waals surface area contributed by atoms with E-state index in [-0.39, 0.29) is 11.8 Å². The first-order chi connectivity index (χ1) is 9.70. The molecule has 0 unspecified atom stereocenters. The molecule has 2 aromatic carbocycles. The van der Waals surface area contributed by atoms with Gasteiger partial charge in [0.05, 0.1) is 5.92 Å². The summed E-state index contributed by atoms with van der Waals surface area (Å²) in [5.41, 5.74) is 8.12. The van der Waals surface area contributed by atoms with Crippen LogP contribution in [0, 0.1) is 11.3 Å². The standard InChI is InChI=1S/C16H11ClN2O/c17-11-5-3-4-10(8-11)15-12-6-1-2-7-14(12)20-16(19)13(15)9-18/h1-8,15H,19H2/t15-/m1/s1. The number of nitrogens with two attached hydrogens (primary N) is 1. The number of hydrogen-bond acceptors (Lipinski definition) is 3. The van der Waals surface area contributed by atoms with Crippen LogP contribution in [0.15, 0.2) is 60.0 Å². The Labute approximate surface area is 121 Å². The van der Waals surface area contributed by atoms with Gasteiger partial charge in [-0.25, -0.2) is 0 Å². The highest BCUT2D eigenvalue weighted by Gasteiger charge is 2.30. The molecule has 2 N–H and O–H groups in total. The van der Waals surface area contributed by atoms with E-state index in [2.05, 4.69) is 6.07 Å². The lowest BCUT2D eigenvalue weighted by molar-refractivity contribution is 0.393. The van der Waals surface area contributed by atoms with Crippen LogP contribution in [0.1, 0.15) is 17.0 Å². The summed E-state index contributed by atoms with van der Waals surface area (Å²) in [5, 5.41) is 10.0. The highest BCUT2D eigenvalue weighted by Crippen LogP contribution is 2.42. The van der Waals surface area contributed by atoms with Crippen LogP contribution in [0.2, 0.25) is 5.02 Å². The van der Waals surface area contributed by atoms with Gasteiger partial charge in [-0.3, -0.25) is 0 Å². The summed E-state index contributed by atoms with van der Waals surface area (Å²) in [6.07, 6.45) is 0. The number of nitrogens with zero attached hydrogens (tertiary/aromatic N) is 1. The van der Waals surface area contributed by atoms with E-state index < -0.39 is 0 Å². The Morgan fingerprint density at radius 1 is 1.15 bits per heavy atom. The van der Waals surface area contributed by atoms with E-state index in [1.54, 1.807) is 6.07 Å². The first-order valence-electron chi connectivity index (χ1n) is 6.12. The molecule has 3 rings (SSSR count). The molecule has 0 saturated heterocycles. The fourth-order valence-corrected chi connectivity index (χ4v) is 2.63. The lowest BCUT2D eigenvalue weighted by Gasteiger charge is -2.26. The summed E-state index contributed by atoms with van der Waals surface area (Å²) >= 11 is 6.06. The van der Waals surface area contributed by atoms with Crippen molar-refractivity contribution in [2.45, 2.75) is 5.92 Å². The summed E-state index contributed by atoms with van der Waals surface area (Å²) in [6.45, 7) is 0. The maximum absolute atomic E-state index is 9.39. The molecule has 20 heavy (non-hydrogen) atoms. The predicted molar refractivity (Wildman–Crippen MR) is 77.2 cm³/mol. The van der Waals surface area contributed by atoms with Crippen molar-refractivity contribution in [2.24, 2.45) is 5.73 Å². The molecule has 1 aliphatic heterocycles. The number of rotatable bonds is 1. The normalized spacial score (nSPS) is 17.1. The molecule has 0 aliphatic carbocycles. The number of nitriles is 1. The molecule has 3 nitrogen and oxygen atoms in total. The van der Waals surface area contributed by atoms with Gasteiger partial charge in [0.2, 0.25) is 5.88 Å². The van der Waals surface area contributed by atoms with Crippen LogP contribution >= 0.6 is 11.6 Å². The van der Waals surface area contributed by atoms with Gasteiger partial charge in [-0.1, -0.05) is 41.9 Å². The van der Waals surface area contributed by atoms with Crippen LogP contribution in [0.3, 0.4) is 0 Å². The zero-order valence-electron chi connectivity index (χ0n) is 10.5. The lowest BCUT2D eigenvalue weighted by Crippen LogP contribution is -2.20. The Kier molecular flexibility index (Phi) is 3.09. The molecule has 0 fully saturated rings. The van der Waals surface area contributed by atoms with Crippen molar-refractivity contribution in [1.29, 1.82) is 5.26 Å². The fraction of sp³-hybridized carbons (Fsp3) is 0.0625. The van der Waals surface area contributed by atoms with Gasteiger partial charge < -0.3 is 10.5 Å². The molecule has 2 aromatic rings. The van der Waals surface area contributed by atoms with Crippen LogP contribution in [-0.4, -0.2) is 0 Å². The highest BCUT2D eigenvalue weighted by molar-refractivity contribution is 6.30. The van der Waals surface area contributed by atoms with Gasteiger partial charge in [0.15, 0.2) is 0 Å². The quantitative estimate of drug-likeness (QED) is 0.870. The molecule has 0 spiro atoms. The van der Waals surface area contributed by atoms with Crippen LogP contribution < -0.4 is 10.5 Å². The number of halogens is 1. The largest absolute Gasteiger partial charge is 0.440 e. The van der Waals surface area contributed by atoms with E-state index >= 15 is 0 Å². The molecule has 0 amide bonds. The zero-order valence-corrected chi connectivity index (χ0v) is 11.3. The number of fused-ring (bicyclic) bond motifs is 1. The first-order valence-corrected chi connectivity index (χ1v) is 6.50. The van der Waals surface area contributed by atoms with E-state index in [0.717, 1.165) is 11.1 Å². The molecule has 0 aromatic heterocycles. The van der Waals surface area contributed by atoms with Gasteiger partial charge >= 0.3 is 0 Å². The van der Waals surface area contributed by atoms with Crippen molar-refractivity contribution >= 4 is 11.6 Å². The second-order valence-electron chi connectivity index (χ2n) is 4.52. The Morgan fingerprint density at radius 3 is 2.70 bits per heavy atom. The second-order valence-corrected chi connectivity index (χ2v) is 4.95. The summed E-state index contributed by atoms with van der Waals surface area (Å²) in [4.78, 5) is 0. The van der Waals surface area contributed by atoms with Crippen LogP contribution in [0.25, 0.3) is 0 Å². The average molecular weight is 283 g/mol.